The monoisotopic (exact) mass is 392 g/mol. The number of aromatic nitrogens is 3. The fourth-order valence-electron chi connectivity index (χ4n) is 3.90. The van der Waals surface area contributed by atoms with Crippen molar-refractivity contribution in [2.75, 3.05) is 12.4 Å². The normalized spacial score (nSPS) is 16.8. The van der Waals surface area contributed by atoms with Gasteiger partial charge in [0.1, 0.15) is 11.3 Å². The van der Waals surface area contributed by atoms with E-state index in [1.54, 1.807) is 13.8 Å². The summed E-state index contributed by atoms with van der Waals surface area (Å²) in [6.45, 7) is 4.04. The van der Waals surface area contributed by atoms with Gasteiger partial charge in [-0.1, -0.05) is 12.1 Å². The molecule has 2 heterocycles. The number of amides is 1. The molecule has 0 saturated heterocycles. The zero-order valence-electron chi connectivity index (χ0n) is 17.2. The molecule has 4 N–H and O–H groups in total. The maximum absolute atomic E-state index is 12.3. The lowest BCUT2D eigenvalue weighted by Gasteiger charge is -2.31. The van der Waals surface area contributed by atoms with E-state index in [2.05, 4.69) is 33.3 Å². The van der Waals surface area contributed by atoms with Gasteiger partial charge in [0.15, 0.2) is 0 Å². The molecule has 0 fully saturated rings. The molecule has 7 nitrogen and oxygen atoms in total. The Balaban J connectivity index is 1.57. The highest BCUT2D eigenvalue weighted by atomic mass is 16.2. The predicted molar refractivity (Wildman–Crippen MR) is 114 cm³/mol. The van der Waals surface area contributed by atoms with Crippen LogP contribution in [-0.2, 0) is 17.8 Å². The zero-order valence-corrected chi connectivity index (χ0v) is 17.2. The number of nitrogens with one attached hydrogen (secondary N) is 2. The van der Waals surface area contributed by atoms with E-state index in [4.69, 9.17) is 10.7 Å². The van der Waals surface area contributed by atoms with Crippen LogP contribution < -0.4 is 11.1 Å². The number of hydrogen-bond donors (Lipinski definition) is 3. The number of carbonyl (C=O) groups excluding carboxylic acids is 1. The Labute approximate surface area is 170 Å². The summed E-state index contributed by atoms with van der Waals surface area (Å²) in [5.74, 6) is 0.621. The van der Waals surface area contributed by atoms with Crippen molar-refractivity contribution < 1.29 is 4.79 Å². The Morgan fingerprint density at radius 2 is 2.17 bits per heavy atom. The van der Waals surface area contributed by atoms with Crippen molar-refractivity contribution in [1.82, 2.24) is 19.9 Å². The van der Waals surface area contributed by atoms with Gasteiger partial charge in [-0.2, -0.15) is 0 Å². The van der Waals surface area contributed by atoms with Gasteiger partial charge in [0, 0.05) is 6.20 Å². The van der Waals surface area contributed by atoms with Crippen LogP contribution in [0, 0.1) is 0 Å². The number of imidazole rings is 1. The molecule has 3 aromatic rings. The van der Waals surface area contributed by atoms with E-state index in [0.29, 0.717) is 12.2 Å². The number of para-hydroxylation sites is 1. The Morgan fingerprint density at radius 3 is 2.97 bits per heavy atom. The van der Waals surface area contributed by atoms with Crippen LogP contribution in [-0.4, -0.2) is 38.3 Å². The van der Waals surface area contributed by atoms with Crippen LogP contribution in [0.15, 0.2) is 36.5 Å². The molecule has 7 heteroatoms. The molecule has 0 bridgehead atoms. The molecule has 1 aromatic carbocycles. The van der Waals surface area contributed by atoms with Crippen molar-refractivity contribution in [1.29, 1.82) is 0 Å². The van der Waals surface area contributed by atoms with Gasteiger partial charge < -0.3 is 16.0 Å². The Bertz CT molecular complexity index is 1040. The number of nitrogens with zero attached hydrogens (tertiary/aromatic N) is 3. The lowest BCUT2D eigenvalue weighted by atomic mass is 9.91. The van der Waals surface area contributed by atoms with Crippen LogP contribution in [0.3, 0.4) is 0 Å². The summed E-state index contributed by atoms with van der Waals surface area (Å²) in [7, 11) is 2.11. The number of pyridine rings is 1. The van der Waals surface area contributed by atoms with E-state index < -0.39 is 5.54 Å². The van der Waals surface area contributed by atoms with Gasteiger partial charge in [0.25, 0.3) is 0 Å². The number of carbonyl (C=O) groups is 1. The summed E-state index contributed by atoms with van der Waals surface area (Å²) >= 11 is 0. The molecule has 2 aromatic heterocycles. The van der Waals surface area contributed by atoms with Gasteiger partial charge in [-0.15, -0.1) is 0 Å². The van der Waals surface area contributed by atoms with Gasteiger partial charge >= 0.3 is 0 Å². The maximum Gasteiger partial charge on any atom is 0.243 e. The lowest BCUT2D eigenvalue weighted by molar-refractivity contribution is -0.120. The van der Waals surface area contributed by atoms with Crippen molar-refractivity contribution in [3.8, 4) is 0 Å². The zero-order chi connectivity index (χ0) is 20.6. The van der Waals surface area contributed by atoms with Crippen molar-refractivity contribution in [3.63, 3.8) is 0 Å². The highest BCUT2D eigenvalue weighted by molar-refractivity contribution is 6.03. The highest BCUT2D eigenvalue weighted by Gasteiger charge is 2.26. The minimum atomic E-state index is -0.955. The first-order valence-corrected chi connectivity index (χ1v) is 10.0. The number of fused-ring (bicyclic) bond motifs is 2. The van der Waals surface area contributed by atoms with Crippen LogP contribution in [0.2, 0.25) is 0 Å². The first-order valence-electron chi connectivity index (χ1n) is 10.0. The number of hydrogen-bond acceptors (Lipinski definition) is 5. The number of benzene rings is 1. The van der Waals surface area contributed by atoms with Crippen LogP contribution >= 0.6 is 0 Å². The summed E-state index contributed by atoms with van der Waals surface area (Å²) in [5, 5.41) is 2.90. The average Bonchev–Trinajstić information content (AvgIpc) is 3.10. The molecule has 0 aliphatic heterocycles. The second kappa shape index (κ2) is 7.57. The fraction of sp³-hybridized carbons (Fsp3) is 0.409. The van der Waals surface area contributed by atoms with E-state index >= 15 is 0 Å². The highest BCUT2D eigenvalue weighted by Crippen LogP contribution is 2.32. The molecule has 1 aliphatic carbocycles. The van der Waals surface area contributed by atoms with E-state index in [-0.39, 0.29) is 11.9 Å². The first-order chi connectivity index (χ1) is 13.8. The minimum Gasteiger partial charge on any atom is -0.341 e. The van der Waals surface area contributed by atoms with Crippen LogP contribution in [0.5, 0.6) is 0 Å². The van der Waals surface area contributed by atoms with Gasteiger partial charge in [-0.25, -0.2) is 4.98 Å². The van der Waals surface area contributed by atoms with Crippen molar-refractivity contribution >= 4 is 22.6 Å². The van der Waals surface area contributed by atoms with Crippen LogP contribution in [0.4, 0.5) is 5.69 Å². The standard InChI is InChI=1S/C22H28N6O/c1-22(2,23)21(29)26-16-10-5-9-15-20(16)27-18(25-15)13-28(3)17-11-4-7-14-8-6-12-24-19(14)17/h5-6,8-10,12,17H,4,7,11,13,23H2,1-3H3,(H,25,27)(H,26,29). The number of rotatable bonds is 5. The van der Waals surface area contributed by atoms with Gasteiger partial charge in [0.2, 0.25) is 5.91 Å². The number of anilines is 1. The topological polar surface area (TPSA) is 99.9 Å². The summed E-state index contributed by atoms with van der Waals surface area (Å²) in [6.07, 6.45) is 5.23. The molecule has 0 spiro atoms. The van der Waals surface area contributed by atoms with E-state index in [1.807, 2.05) is 30.5 Å². The molecule has 0 radical (unpaired) electrons. The molecule has 1 amide bonds. The number of nitrogens with two attached hydrogens (primary N) is 1. The van der Waals surface area contributed by atoms with E-state index in [9.17, 15) is 4.79 Å². The SMILES string of the molecule is CN(Cc1nc2c(NC(=O)C(C)(C)N)cccc2[nH]1)C1CCCc2cccnc21. The van der Waals surface area contributed by atoms with E-state index in [0.717, 1.165) is 29.7 Å². The molecule has 152 valence electrons. The Kier molecular flexibility index (Phi) is 5.10. The molecule has 1 unspecified atom stereocenters. The predicted octanol–water partition coefficient (Wildman–Crippen LogP) is 3.14. The molecule has 4 rings (SSSR count). The summed E-state index contributed by atoms with van der Waals surface area (Å²) in [4.78, 5) is 27.4. The van der Waals surface area contributed by atoms with Crippen LogP contribution in [0.25, 0.3) is 11.0 Å². The second-order valence-corrected chi connectivity index (χ2v) is 8.43. The minimum absolute atomic E-state index is 0.239. The van der Waals surface area contributed by atoms with Crippen molar-refractivity contribution in [2.24, 2.45) is 5.73 Å². The van der Waals surface area contributed by atoms with Crippen molar-refractivity contribution in [2.45, 2.75) is 51.2 Å². The Morgan fingerprint density at radius 1 is 1.34 bits per heavy atom. The van der Waals surface area contributed by atoms with Gasteiger partial charge in [-0.05, 0) is 63.9 Å². The second-order valence-electron chi connectivity index (χ2n) is 8.43. The van der Waals surface area contributed by atoms with Crippen molar-refractivity contribution in [3.05, 3.63) is 53.6 Å². The number of aromatic amines is 1. The third-order valence-electron chi connectivity index (χ3n) is 5.49. The molecular weight excluding hydrogens is 364 g/mol. The molecule has 1 aliphatic rings. The molecular formula is C22H28N6O. The summed E-state index contributed by atoms with van der Waals surface area (Å²) in [6, 6.07) is 10.2. The lowest BCUT2D eigenvalue weighted by Crippen LogP contribution is -2.45. The van der Waals surface area contributed by atoms with Crippen LogP contribution in [0.1, 0.15) is 49.8 Å². The van der Waals surface area contributed by atoms with E-state index in [1.165, 1.54) is 17.7 Å². The number of H-pyrrole nitrogens is 1. The molecule has 0 saturated carbocycles. The first kappa shape index (κ1) is 19.5. The summed E-state index contributed by atoms with van der Waals surface area (Å²) < 4.78 is 0. The summed E-state index contributed by atoms with van der Waals surface area (Å²) in [5.41, 5.74) is 9.78. The quantitative estimate of drug-likeness (QED) is 0.619. The average molecular weight is 393 g/mol. The third-order valence-corrected chi connectivity index (χ3v) is 5.49. The van der Waals surface area contributed by atoms with Gasteiger partial charge in [-0.3, -0.25) is 14.7 Å². The molecule has 29 heavy (non-hydrogen) atoms. The molecule has 1 atom stereocenters. The third kappa shape index (κ3) is 4.02. The van der Waals surface area contributed by atoms with Gasteiger partial charge in [0.05, 0.1) is 35.0 Å². The maximum atomic E-state index is 12.3. The largest absolute Gasteiger partial charge is 0.341 e. The Hall–Kier alpha value is -2.77. The number of aryl methyl sites for hydroxylation is 1. The smallest absolute Gasteiger partial charge is 0.243 e. The fourth-order valence-corrected chi connectivity index (χ4v) is 3.90.